The van der Waals surface area contributed by atoms with Crippen molar-refractivity contribution >= 4 is 11.0 Å². The number of fused-ring (bicyclic) bond motifs is 1. The SMILES string of the molecule is O=c1cc(O[C@@H]2O[C@H](CO)[C@@H](O)[C@H](O)[C@H]2O)c2ccccc2o1. The zero-order valence-electron chi connectivity index (χ0n) is 11.9. The normalized spacial score (nSPS) is 31.2. The Balaban J connectivity index is 1.93. The molecule has 1 aromatic heterocycles. The lowest BCUT2D eigenvalue weighted by molar-refractivity contribution is -0.277. The molecule has 0 amide bonds. The van der Waals surface area contributed by atoms with Gasteiger partial charge in [-0.05, 0) is 12.1 Å². The van der Waals surface area contributed by atoms with Crippen molar-refractivity contribution in [2.24, 2.45) is 0 Å². The van der Waals surface area contributed by atoms with Gasteiger partial charge in [0.15, 0.2) is 0 Å². The van der Waals surface area contributed by atoms with E-state index in [1.807, 2.05) is 0 Å². The highest BCUT2D eigenvalue weighted by atomic mass is 16.7. The van der Waals surface area contributed by atoms with Gasteiger partial charge in [-0.25, -0.2) is 4.79 Å². The van der Waals surface area contributed by atoms with Gasteiger partial charge in [-0.3, -0.25) is 0 Å². The highest BCUT2D eigenvalue weighted by Gasteiger charge is 2.44. The van der Waals surface area contributed by atoms with Crippen LogP contribution >= 0.6 is 0 Å². The molecule has 1 aliphatic rings. The first-order valence-electron chi connectivity index (χ1n) is 7.01. The van der Waals surface area contributed by atoms with Gasteiger partial charge in [-0.2, -0.15) is 0 Å². The third-order valence-corrected chi connectivity index (χ3v) is 3.70. The van der Waals surface area contributed by atoms with E-state index in [0.29, 0.717) is 11.0 Å². The van der Waals surface area contributed by atoms with Gasteiger partial charge in [0.1, 0.15) is 35.7 Å². The Morgan fingerprint density at radius 2 is 1.83 bits per heavy atom. The summed E-state index contributed by atoms with van der Waals surface area (Å²) in [6, 6.07) is 7.71. The van der Waals surface area contributed by atoms with Crippen LogP contribution in [0.2, 0.25) is 0 Å². The Bertz CT molecular complexity index is 740. The number of rotatable bonds is 3. The zero-order chi connectivity index (χ0) is 16.6. The second kappa shape index (κ2) is 6.26. The van der Waals surface area contributed by atoms with E-state index in [4.69, 9.17) is 19.0 Å². The van der Waals surface area contributed by atoms with Crippen LogP contribution in [0.5, 0.6) is 5.75 Å². The van der Waals surface area contributed by atoms with E-state index in [0.717, 1.165) is 6.07 Å². The number of aliphatic hydroxyl groups is 4. The molecule has 1 aliphatic heterocycles. The van der Waals surface area contributed by atoms with Crippen molar-refractivity contribution in [2.45, 2.75) is 30.7 Å². The van der Waals surface area contributed by atoms with Crippen LogP contribution in [0, 0.1) is 0 Å². The van der Waals surface area contributed by atoms with E-state index in [1.165, 1.54) is 0 Å². The van der Waals surface area contributed by atoms with Crippen LogP contribution in [-0.2, 0) is 4.74 Å². The van der Waals surface area contributed by atoms with E-state index in [2.05, 4.69) is 0 Å². The molecule has 1 fully saturated rings. The molecule has 1 aromatic carbocycles. The number of aliphatic hydroxyl groups excluding tert-OH is 4. The first-order valence-corrected chi connectivity index (χ1v) is 7.01. The third kappa shape index (κ3) is 2.94. The molecular weight excluding hydrogens is 308 g/mol. The molecule has 2 aromatic rings. The average Bonchev–Trinajstić information content (AvgIpc) is 2.55. The molecule has 124 valence electrons. The van der Waals surface area contributed by atoms with E-state index >= 15 is 0 Å². The van der Waals surface area contributed by atoms with Crippen LogP contribution in [0.4, 0.5) is 0 Å². The fraction of sp³-hybridized carbons (Fsp3) is 0.400. The van der Waals surface area contributed by atoms with Crippen LogP contribution in [0.15, 0.2) is 39.5 Å². The van der Waals surface area contributed by atoms with Gasteiger partial charge in [-0.1, -0.05) is 12.1 Å². The lowest BCUT2D eigenvalue weighted by Gasteiger charge is -2.39. The fourth-order valence-electron chi connectivity index (χ4n) is 2.47. The van der Waals surface area contributed by atoms with Crippen molar-refractivity contribution in [3.8, 4) is 5.75 Å². The molecule has 2 heterocycles. The maximum atomic E-state index is 11.6. The first kappa shape index (κ1) is 15.9. The Morgan fingerprint density at radius 3 is 2.57 bits per heavy atom. The summed E-state index contributed by atoms with van der Waals surface area (Å²) in [5.74, 6) is 0.0983. The molecule has 0 unspecified atom stereocenters. The molecule has 1 saturated heterocycles. The smallest absolute Gasteiger partial charge is 0.339 e. The summed E-state index contributed by atoms with van der Waals surface area (Å²) in [6.07, 6.45) is -7.05. The molecule has 4 N–H and O–H groups in total. The molecule has 0 radical (unpaired) electrons. The van der Waals surface area contributed by atoms with Crippen molar-refractivity contribution in [3.63, 3.8) is 0 Å². The quantitative estimate of drug-likeness (QED) is 0.528. The summed E-state index contributed by atoms with van der Waals surface area (Å²) >= 11 is 0. The van der Waals surface area contributed by atoms with E-state index in [9.17, 15) is 20.1 Å². The number of para-hydroxylation sites is 1. The van der Waals surface area contributed by atoms with Crippen molar-refractivity contribution in [3.05, 3.63) is 40.8 Å². The molecule has 23 heavy (non-hydrogen) atoms. The minimum Gasteiger partial charge on any atom is -0.461 e. The van der Waals surface area contributed by atoms with Crippen LogP contribution in [0.1, 0.15) is 0 Å². The lowest BCUT2D eigenvalue weighted by atomic mass is 9.99. The van der Waals surface area contributed by atoms with Gasteiger partial charge in [0.2, 0.25) is 6.29 Å². The molecule has 8 nitrogen and oxygen atoms in total. The monoisotopic (exact) mass is 324 g/mol. The lowest BCUT2D eigenvalue weighted by Crippen LogP contribution is -2.60. The predicted octanol–water partition coefficient (Wildman–Crippen LogP) is -1.03. The molecular formula is C15H16O8. The Labute approximate surface area is 130 Å². The summed E-state index contributed by atoms with van der Waals surface area (Å²) in [6.45, 7) is -0.567. The maximum absolute atomic E-state index is 11.6. The van der Waals surface area contributed by atoms with Crippen LogP contribution in [-0.4, -0.2) is 57.7 Å². The minimum atomic E-state index is -1.56. The first-order chi connectivity index (χ1) is 11.0. The standard InChI is InChI=1S/C15H16O8/c16-6-10-12(18)13(19)14(20)15(23-10)22-9-5-11(17)21-8-4-2-1-3-7(8)9/h1-5,10,12-16,18-20H,6H2/t10-,12-,13+,14-,15-/m1/s1. The second-order valence-corrected chi connectivity index (χ2v) is 5.24. The van der Waals surface area contributed by atoms with Gasteiger partial charge in [0.25, 0.3) is 0 Å². The minimum absolute atomic E-state index is 0.0983. The van der Waals surface area contributed by atoms with E-state index in [-0.39, 0.29) is 5.75 Å². The molecule has 0 aliphatic carbocycles. The highest BCUT2D eigenvalue weighted by Crippen LogP contribution is 2.28. The number of ether oxygens (including phenoxy) is 2. The van der Waals surface area contributed by atoms with Crippen molar-refractivity contribution in [1.82, 2.24) is 0 Å². The number of hydrogen-bond donors (Lipinski definition) is 4. The van der Waals surface area contributed by atoms with E-state index < -0.39 is 42.9 Å². The van der Waals surface area contributed by atoms with Gasteiger partial charge < -0.3 is 34.3 Å². The Hall–Kier alpha value is -1.97. The summed E-state index contributed by atoms with van der Waals surface area (Å²) in [5, 5.41) is 39.1. The predicted molar refractivity (Wildman–Crippen MR) is 76.9 cm³/mol. The number of benzene rings is 1. The molecule has 0 saturated carbocycles. The summed E-state index contributed by atoms with van der Waals surface area (Å²) < 4.78 is 15.8. The fourth-order valence-corrected chi connectivity index (χ4v) is 2.47. The molecule has 5 atom stereocenters. The third-order valence-electron chi connectivity index (χ3n) is 3.70. The van der Waals surface area contributed by atoms with Crippen LogP contribution in [0.3, 0.4) is 0 Å². The molecule has 0 bridgehead atoms. The van der Waals surface area contributed by atoms with E-state index in [1.54, 1.807) is 24.3 Å². The molecule has 8 heteroatoms. The van der Waals surface area contributed by atoms with Crippen molar-refractivity contribution in [1.29, 1.82) is 0 Å². The molecule has 0 spiro atoms. The largest absolute Gasteiger partial charge is 0.461 e. The Morgan fingerprint density at radius 1 is 1.09 bits per heavy atom. The van der Waals surface area contributed by atoms with Crippen molar-refractivity contribution in [2.75, 3.05) is 6.61 Å². The summed E-state index contributed by atoms with van der Waals surface area (Å²) in [7, 11) is 0. The van der Waals surface area contributed by atoms with Gasteiger partial charge in [0, 0.05) is 0 Å². The van der Waals surface area contributed by atoms with Crippen LogP contribution < -0.4 is 10.4 Å². The highest BCUT2D eigenvalue weighted by molar-refractivity contribution is 5.82. The van der Waals surface area contributed by atoms with Crippen molar-refractivity contribution < 1.29 is 34.3 Å². The van der Waals surface area contributed by atoms with Gasteiger partial charge in [0.05, 0.1) is 18.1 Å². The molecule has 3 rings (SSSR count). The average molecular weight is 324 g/mol. The maximum Gasteiger partial charge on any atom is 0.339 e. The van der Waals surface area contributed by atoms with Gasteiger partial charge >= 0.3 is 5.63 Å². The topological polar surface area (TPSA) is 130 Å². The van der Waals surface area contributed by atoms with Gasteiger partial charge in [-0.15, -0.1) is 0 Å². The second-order valence-electron chi connectivity index (χ2n) is 5.24. The van der Waals surface area contributed by atoms with Crippen LogP contribution in [0.25, 0.3) is 11.0 Å². The summed E-state index contributed by atoms with van der Waals surface area (Å²) in [5.41, 5.74) is -0.358. The summed E-state index contributed by atoms with van der Waals surface area (Å²) in [4.78, 5) is 11.6. The zero-order valence-corrected chi connectivity index (χ0v) is 11.9. The number of hydrogen-bond acceptors (Lipinski definition) is 8. The Kier molecular flexibility index (Phi) is 4.33.